The van der Waals surface area contributed by atoms with Crippen molar-refractivity contribution in [2.24, 2.45) is 0 Å². The number of thiazole rings is 1. The lowest BCUT2D eigenvalue weighted by Gasteiger charge is -2.01. The Kier molecular flexibility index (Phi) is 3.08. The Hall–Kier alpha value is -1.42. The third-order valence-electron chi connectivity index (χ3n) is 1.87. The van der Waals surface area contributed by atoms with Crippen LogP contribution in [0.3, 0.4) is 0 Å². The molecule has 0 aromatic carbocycles. The molecule has 4 heteroatoms. The van der Waals surface area contributed by atoms with E-state index in [0.29, 0.717) is 0 Å². The first-order chi connectivity index (χ1) is 6.95. The Morgan fingerprint density at radius 2 is 2.07 bits per heavy atom. The van der Waals surface area contributed by atoms with E-state index < -0.39 is 0 Å². The van der Waals surface area contributed by atoms with E-state index in [9.17, 15) is 0 Å². The maximum absolute atomic E-state index is 4.14. The van der Waals surface area contributed by atoms with E-state index in [1.165, 1.54) is 5.56 Å². The standard InChI is InChI=1S/C10H11N3S/c1-4-11-5-2-9(1)3-6-12-10-13-7-8-14-10/h1-2,4-5,7-8H,3,6H2,(H,12,13). The first kappa shape index (κ1) is 9.15. The van der Waals surface area contributed by atoms with Crippen LogP contribution < -0.4 is 5.32 Å². The summed E-state index contributed by atoms with van der Waals surface area (Å²) in [5.41, 5.74) is 1.30. The molecular formula is C10H11N3S. The summed E-state index contributed by atoms with van der Waals surface area (Å²) in [6.45, 7) is 0.914. The molecule has 1 N–H and O–H groups in total. The van der Waals surface area contributed by atoms with Gasteiger partial charge in [-0.05, 0) is 24.1 Å². The van der Waals surface area contributed by atoms with Gasteiger partial charge in [-0.3, -0.25) is 4.98 Å². The van der Waals surface area contributed by atoms with E-state index in [2.05, 4.69) is 15.3 Å². The molecule has 2 aromatic rings. The molecule has 14 heavy (non-hydrogen) atoms. The predicted octanol–water partition coefficient (Wildman–Crippen LogP) is 2.19. The third kappa shape index (κ3) is 2.53. The lowest BCUT2D eigenvalue weighted by Crippen LogP contribution is -2.04. The topological polar surface area (TPSA) is 37.8 Å². The van der Waals surface area contributed by atoms with E-state index in [1.807, 2.05) is 29.9 Å². The first-order valence-corrected chi connectivity index (χ1v) is 5.35. The van der Waals surface area contributed by atoms with Gasteiger partial charge in [0.2, 0.25) is 0 Å². The van der Waals surface area contributed by atoms with Gasteiger partial charge in [0, 0.05) is 30.5 Å². The van der Waals surface area contributed by atoms with Gasteiger partial charge >= 0.3 is 0 Å². The van der Waals surface area contributed by atoms with Crippen LogP contribution in [0.4, 0.5) is 5.13 Å². The molecule has 0 spiro atoms. The maximum Gasteiger partial charge on any atom is 0.182 e. The minimum Gasteiger partial charge on any atom is -0.361 e. The van der Waals surface area contributed by atoms with Crippen molar-refractivity contribution in [3.63, 3.8) is 0 Å². The molecule has 0 aliphatic heterocycles. The van der Waals surface area contributed by atoms with Crippen molar-refractivity contribution < 1.29 is 0 Å². The Labute approximate surface area is 86.8 Å². The maximum atomic E-state index is 4.14. The fourth-order valence-corrected chi connectivity index (χ4v) is 1.73. The number of hydrogen-bond donors (Lipinski definition) is 1. The van der Waals surface area contributed by atoms with Gasteiger partial charge in [0.05, 0.1) is 0 Å². The summed E-state index contributed by atoms with van der Waals surface area (Å²) >= 11 is 1.62. The van der Waals surface area contributed by atoms with Crippen LogP contribution in [0, 0.1) is 0 Å². The lowest BCUT2D eigenvalue weighted by molar-refractivity contribution is 1.01. The SMILES string of the molecule is c1cc(CCNc2nccs2)ccn1. The van der Waals surface area contributed by atoms with Crippen molar-refractivity contribution in [1.29, 1.82) is 0 Å². The number of nitrogens with zero attached hydrogens (tertiary/aromatic N) is 2. The van der Waals surface area contributed by atoms with Gasteiger partial charge in [0.1, 0.15) is 0 Å². The molecule has 0 radical (unpaired) electrons. The third-order valence-corrected chi connectivity index (χ3v) is 2.60. The molecule has 2 heterocycles. The summed E-state index contributed by atoms with van der Waals surface area (Å²) in [4.78, 5) is 8.12. The summed E-state index contributed by atoms with van der Waals surface area (Å²) in [7, 11) is 0. The van der Waals surface area contributed by atoms with Crippen LogP contribution in [0.1, 0.15) is 5.56 Å². The van der Waals surface area contributed by atoms with Crippen molar-refractivity contribution >= 4 is 16.5 Å². The molecule has 0 unspecified atom stereocenters. The van der Waals surface area contributed by atoms with Gasteiger partial charge < -0.3 is 5.32 Å². The van der Waals surface area contributed by atoms with E-state index in [-0.39, 0.29) is 0 Å². The first-order valence-electron chi connectivity index (χ1n) is 4.47. The van der Waals surface area contributed by atoms with Crippen molar-refractivity contribution in [3.8, 4) is 0 Å². The normalized spacial score (nSPS) is 10.0. The van der Waals surface area contributed by atoms with E-state index in [4.69, 9.17) is 0 Å². The van der Waals surface area contributed by atoms with Crippen LogP contribution in [0.25, 0.3) is 0 Å². The Bertz CT molecular complexity index is 358. The second-order valence-electron chi connectivity index (χ2n) is 2.87. The molecule has 0 aliphatic rings. The predicted molar refractivity (Wildman–Crippen MR) is 58.5 cm³/mol. The summed E-state index contributed by atoms with van der Waals surface area (Å²) in [5.74, 6) is 0. The molecule has 0 aliphatic carbocycles. The zero-order valence-corrected chi connectivity index (χ0v) is 8.50. The van der Waals surface area contributed by atoms with Crippen LogP contribution in [0.2, 0.25) is 0 Å². The highest BCUT2D eigenvalue weighted by Crippen LogP contribution is 2.10. The minimum atomic E-state index is 0.914. The molecule has 2 rings (SSSR count). The van der Waals surface area contributed by atoms with Crippen molar-refractivity contribution in [3.05, 3.63) is 41.7 Å². The zero-order valence-electron chi connectivity index (χ0n) is 7.68. The van der Waals surface area contributed by atoms with E-state index >= 15 is 0 Å². The summed E-state index contributed by atoms with van der Waals surface area (Å²) in [6, 6.07) is 4.06. The van der Waals surface area contributed by atoms with Gasteiger partial charge in [0.25, 0.3) is 0 Å². The number of rotatable bonds is 4. The number of nitrogens with one attached hydrogen (secondary N) is 1. The summed E-state index contributed by atoms with van der Waals surface area (Å²) in [5, 5.41) is 6.21. The molecule has 72 valence electrons. The van der Waals surface area contributed by atoms with E-state index in [1.54, 1.807) is 17.5 Å². The molecule has 0 saturated carbocycles. The highest BCUT2D eigenvalue weighted by atomic mass is 32.1. The van der Waals surface area contributed by atoms with Crippen LogP contribution in [-0.2, 0) is 6.42 Å². The largest absolute Gasteiger partial charge is 0.361 e. The Balaban J connectivity index is 1.79. The van der Waals surface area contributed by atoms with Gasteiger partial charge in [-0.15, -0.1) is 11.3 Å². The Morgan fingerprint density at radius 3 is 2.79 bits per heavy atom. The molecule has 0 saturated heterocycles. The molecule has 2 aromatic heterocycles. The number of anilines is 1. The number of aromatic nitrogens is 2. The van der Waals surface area contributed by atoms with Crippen molar-refractivity contribution in [1.82, 2.24) is 9.97 Å². The van der Waals surface area contributed by atoms with Gasteiger partial charge in [-0.2, -0.15) is 0 Å². The summed E-state index contributed by atoms with van der Waals surface area (Å²) in [6.07, 6.45) is 6.44. The van der Waals surface area contributed by atoms with Gasteiger partial charge in [-0.1, -0.05) is 0 Å². The highest BCUT2D eigenvalue weighted by molar-refractivity contribution is 7.13. The van der Waals surface area contributed by atoms with Crippen LogP contribution in [0.5, 0.6) is 0 Å². The van der Waals surface area contributed by atoms with E-state index in [0.717, 1.165) is 18.1 Å². The molecule has 0 amide bonds. The van der Waals surface area contributed by atoms with Crippen LogP contribution in [0.15, 0.2) is 36.1 Å². The highest BCUT2D eigenvalue weighted by Gasteiger charge is 1.94. The second-order valence-corrected chi connectivity index (χ2v) is 3.76. The number of hydrogen-bond acceptors (Lipinski definition) is 4. The quantitative estimate of drug-likeness (QED) is 0.831. The smallest absolute Gasteiger partial charge is 0.182 e. The fourth-order valence-electron chi connectivity index (χ4n) is 1.17. The molecule has 0 atom stereocenters. The molecular weight excluding hydrogens is 194 g/mol. The monoisotopic (exact) mass is 205 g/mol. The fraction of sp³-hybridized carbons (Fsp3) is 0.200. The lowest BCUT2D eigenvalue weighted by atomic mass is 10.2. The Morgan fingerprint density at radius 1 is 1.21 bits per heavy atom. The molecule has 0 fully saturated rings. The van der Waals surface area contributed by atoms with Crippen LogP contribution >= 0.6 is 11.3 Å². The van der Waals surface area contributed by atoms with Crippen molar-refractivity contribution in [2.45, 2.75) is 6.42 Å². The zero-order chi connectivity index (χ0) is 9.64. The average Bonchev–Trinajstić information content (AvgIpc) is 2.72. The second kappa shape index (κ2) is 4.72. The number of pyridine rings is 1. The molecule has 0 bridgehead atoms. The van der Waals surface area contributed by atoms with Gasteiger partial charge in [-0.25, -0.2) is 4.98 Å². The summed E-state index contributed by atoms with van der Waals surface area (Å²) < 4.78 is 0. The van der Waals surface area contributed by atoms with Gasteiger partial charge in [0.15, 0.2) is 5.13 Å². The molecule has 3 nitrogen and oxygen atoms in total. The average molecular weight is 205 g/mol. The minimum absolute atomic E-state index is 0.914. The van der Waals surface area contributed by atoms with Crippen LogP contribution in [-0.4, -0.2) is 16.5 Å². The van der Waals surface area contributed by atoms with Crippen molar-refractivity contribution in [2.75, 3.05) is 11.9 Å².